The van der Waals surface area contributed by atoms with Crippen molar-refractivity contribution in [2.75, 3.05) is 0 Å². The predicted octanol–water partition coefficient (Wildman–Crippen LogP) is 1.73. The summed E-state index contributed by atoms with van der Waals surface area (Å²) in [5, 5.41) is 0.536. The maximum atomic E-state index is 11.9. The topological polar surface area (TPSA) is 56.0 Å². The van der Waals surface area contributed by atoms with Gasteiger partial charge in [0.2, 0.25) is 0 Å². The Hall–Kier alpha value is -0.930. The summed E-state index contributed by atoms with van der Waals surface area (Å²) in [6.07, 6.45) is 6.15. The highest BCUT2D eigenvalue weighted by Gasteiger charge is 2.39. The number of pyridine rings is 1. The monoisotopic (exact) mass is 224 g/mol. The van der Waals surface area contributed by atoms with Crippen LogP contribution in [0.1, 0.15) is 24.8 Å². The molecule has 0 spiro atoms. The highest BCUT2D eigenvalue weighted by Crippen LogP contribution is 2.31. The maximum Gasteiger partial charge on any atom is 0.157 e. The van der Waals surface area contributed by atoms with Crippen molar-refractivity contribution in [2.45, 2.75) is 31.2 Å². The van der Waals surface area contributed by atoms with Gasteiger partial charge in [-0.05, 0) is 30.9 Å². The molecule has 0 radical (unpaired) electrons. The first kappa shape index (κ1) is 10.6. The molecule has 80 valence electrons. The number of nitrogens with two attached hydrogens (primary N) is 1. The summed E-state index contributed by atoms with van der Waals surface area (Å²) >= 11 is 5.92. The van der Waals surface area contributed by atoms with Gasteiger partial charge in [-0.15, -0.1) is 0 Å². The number of ketones is 1. The van der Waals surface area contributed by atoms with Crippen molar-refractivity contribution >= 4 is 17.4 Å². The Morgan fingerprint density at radius 2 is 2.33 bits per heavy atom. The normalized spacial score (nSPS) is 18.3. The number of hydrogen-bond acceptors (Lipinski definition) is 3. The number of halogens is 1. The van der Waals surface area contributed by atoms with Gasteiger partial charge < -0.3 is 5.73 Å². The molecule has 0 saturated heterocycles. The molecule has 1 heterocycles. The summed E-state index contributed by atoms with van der Waals surface area (Å²) in [6.45, 7) is 0. The fourth-order valence-electron chi connectivity index (χ4n) is 1.73. The fraction of sp³-hybridized carbons (Fsp3) is 0.455. The average Bonchev–Trinajstić information content (AvgIpc) is 2.18. The van der Waals surface area contributed by atoms with Crippen molar-refractivity contribution in [1.82, 2.24) is 4.98 Å². The van der Waals surface area contributed by atoms with E-state index in [4.69, 9.17) is 17.3 Å². The van der Waals surface area contributed by atoms with Crippen LogP contribution < -0.4 is 5.73 Å². The van der Waals surface area contributed by atoms with Crippen LogP contribution in [-0.2, 0) is 11.2 Å². The lowest BCUT2D eigenvalue weighted by molar-refractivity contribution is -0.126. The zero-order valence-corrected chi connectivity index (χ0v) is 9.13. The number of nitrogens with zero attached hydrogens (tertiary/aromatic N) is 1. The molecule has 2 rings (SSSR count). The third-order valence-electron chi connectivity index (χ3n) is 3.01. The highest BCUT2D eigenvalue weighted by molar-refractivity contribution is 6.31. The fourth-order valence-corrected chi connectivity index (χ4v) is 1.92. The highest BCUT2D eigenvalue weighted by atomic mass is 35.5. The van der Waals surface area contributed by atoms with Crippen LogP contribution in [0.4, 0.5) is 0 Å². The number of rotatable bonds is 3. The van der Waals surface area contributed by atoms with E-state index in [1.165, 1.54) is 0 Å². The Morgan fingerprint density at radius 3 is 2.87 bits per heavy atom. The van der Waals surface area contributed by atoms with Gasteiger partial charge in [0.05, 0.1) is 10.6 Å². The van der Waals surface area contributed by atoms with Crippen molar-refractivity contribution < 1.29 is 4.79 Å². The lowest BCUT2D eigenvalue weighted by atomic mass is 9.73. The van der Waals surface area contributed by atoms with Crippen molar-refractivity contribution in [3.8, 4) is 0 Å². The minimum atomic E-state index is -0.591. The molecule has 15 heavy (non-hydrogen) atoms. The second kappa shape index (κ2) is 3.91. The van der Waals surface area contributed by atoms with E-state index in [1.54, 1.807) is 18.5 Å². The van der Waals surface area contributed by atoms with Gasteiger partial charge in [0.1, 0.15) is 0 Å². The molecule has 1 aromatic rings. The smallest absolute Gasteiger partial charge is 0.157 e. The summed E-state index contributed by atoms with van der Waals surface area (Å²) in [4.78, 5) is 15.7. The third-order valence-corrected chi connectivity index (χ3v) is 3.35. The first-order valence-electron chi connectivity index (χ1n) is 5.02. The molecular formula is C11H13ClN2O. The van der Waals surface area contributed by atoms with Gasteiger partial charge in [-0.25, -0.2) is 0 Å². The zero-order valence-electron chi connectivity index (χ0n) is 8.37. The van der Waals surface area contributed by atoms with E-state index in [0.717, 1.165) is 24.8 Å². The molecule has 0 aromatic carbocycles. The van der Waals surface area contributed by atoms with Crippen molar-refractivity contribution in [1.29, 1.82) is 0 Å². The molecule has 1 aromatic heterocycles. The Kier molecular flexibility index (Phi) is 2.76. The molecule has 1 saturated carbocycles. The molecule has 0 unspecified atom stereocenters. The van der Waals surface area contributed by atoms with Crippen molar-refractivity contribution in [3.63, 3.8) is 0 Å². The number of hydrogen-bond donors (Lipinski definition) is 1. The number of aromatic nitrogens is 1. The zero-order chi connectivity index (χ0) is 10.9. The van der Waals surface area contributed by atoms with Crippen LogP contribution in [0.25, 0.3) is 0 Å². The average molecular weight is 225 g/mol. The summed E-state index contributed by atoms with van der Waals surface area (Å²) in [5.41, 5.74) is 6.16. The molecule has 0 aliphatic heterocycles. The largest absolute Gasteiger partial charge is 0.319 e. The Labute approximate surface area is 93.6 Å². The lowest BCUT2D eigenvalue weighted by Gasteiger charge is -2.36. The number of Topliss-reactive ketones (excluding diaryl/α,β-unsaturated/α-hetero) is 1. The van der Waals surface area contributed by atoms with Crippen LogP contribution in [0.2, 0.25) is 5.02 Å². The SMILES string of the molecule is NC1(C(=O)Cc2ccncc2Cl)CCC1. The van der Waals surface area contributed by atoms with Crippen LogP contribution in [0.5, 0.6) is 0 Å². The van der Waals surface area contributed by atoms with Gasteiger partial charge in [-0.3, -0.25) is 9.78 Å². The predicted molar refractivity (Wildman–Crippen MR) is 58.7 cm³/mol. The summed E-state index contributed by atoms with van der Waals surface area (Å²) < 4.78 is 0. The quantitative estimate of drug-likeness (QED) is 0.851. The van der Waals surface area contributed by atoms with E-state index in [9.17, 15) is 4.79 Å². The van der Waals surface area contributed by atoms with Gasteiger partial charge in [-0.2, -0.15) is 0 Å². The van der Waals surface area contributed by atoms with E-state index in [0.29, 0.717) is 11.4 Å². The van der Waals surface area contributed by atoms with Gasteiger partial charge in [-0.1, -0.05) is 11.6 Å². The van der Waals surface area contributed by atoms with Crippen LogP contribution in [0, 0.1) is 0 Å². The number of carbonyl (C=O) groups is 1. The molecule has 2 N–H and O–H groups in total. The summed E-state index contributed by atoms with van der Waals surface area (Å²) in [7, 11) is 0. The van der Waals surface area contributed by atoms with Crippen LogP contribution in [0.15, 0.2) is 18.5 Å². The number of carbonyl (C=O) groups excluding carboxylic acids is 1. The Bertz CT molecular complexity index is 388. The minimum Gasteiger partial charge on any atom is -0.319 e. The minimum absolute atomic E-state index is 0.0850. The van der Waals surface area contributed by atoms with E-state index in [1.807, 2.05) is 0 Å². The summed E-state index contributed by atoms with van der Waals surface area (Å²) in [5.74, 6) is 0.0850. The summed E-state index contributed by atoms with van der Waals surface area (Å²) in [6, 6.07) is 1.77. The molecule has 3 nitrogen and oxygen atoms in total. The lowest BCUT2D eigenvalue weighted by Crippen LogP contribution is -2.54. The van der Waals surface area contributed by atoms with E-state index >= 15 is 0 Å². The van der Waals surface area contributed by atoms with Crippen LogP contribution >= 0.6 is 11.6 Å². The molecule has 1 aliphatic carbocycles. The first-order valence-corrected chi connectivity index (χ1v) is 5.40. The second-order valence-electron chi connectivity index (χ2n) is 4.08. The molecule has 0 atom stereocenters. The van der Waals surface area contributed by atoms with Gasteiger partial charge in [0, 0.05) is 18.8 Å². The van der Waals surface area contributed by atoms with E-state index < -0.39 is 5.54 Å². The maximum absolute atomic E-state index is 11.9. The van der Waals surface area contributed by atoms with Gasteiger partial charge in [0.25, 0.3) is 0 Å². The van der Waals surface area contributed by atoms with Crippen LogP contribution in [-0.4, -0.2) is 16.3 Å². The van der Waals surface area contributed by atoms with Gasteiger partial charge >= 0.3 is 0 Å². The first-order chi connectivity index (χ1) is 7.12. The Morgan fingerprint density at radius 1 is 1.60 bits per heavy atom. The molecule has 0 bridgehead atoms. The van der Waals surface area contributed by atoms with Crippen LogP contribution in [0.3, 0.4) is 0 Å². The molecule has 4 heteroatoms. The van der Waals surface area contributed by atoms with E-state index in [2.05, 4.69) is 4.98 Å². The second-order valence-corrected chi connectivity index (χ2v) is 4.48. The molecule has 1 aliphatic rings. The van der Waals surface area contributed by atoms with Crippen molar-refractivity contribution in [2.24, 2.45) is 5.73 Å². The standard InChI is InChI=1S/C11H13ClN2O/c12-9-7-14-5-2-8(9)6-10(15)11(13)3-1-4-11/h2,5,7H,1,3-4,6,13H2. The van der Waals surface area contributed by atoms with E-state index in [-0.39, 0.29) is 5.78 Å². The van der Waals surface area contributed by atoms with Gasteiger partial charge in [0.15, 0.2) is 5.78 Å². The Balaban J connectivity index is 2.09. The molecule has 1 fully saturated rings. The van der Waals surface area contributed by atoms with Crippen molar-refractivity contribution in [3.05, 3.63) is 29.0 Å². The molecule has 0 amide bonds. The molecular weight excluding hydrogens is 212 g/mol. The third kappa shape index (κ3) is 2.03.